The van der Waals surface area contributed by atoms with Crippen LogP contribution in [0.4, 0.5) is 5.69 Å². The number of hydrazine groups is 1. The Morgan fingerprint density at radius 2 is 1.89 bits per heavy atom. The van der Waals surface area contributed by atoms with E-state index in [9.17, 15) is 4.79 Å². The fourth-order valence-electron chi connectivity index (χ4n) is 1.76. The molecular weight excluding hydrogens is 226 g/mol. The molecule has 0 saturated carbocycles. The highest BCUT2D eigenvalue weighted by Crippen LogP contribution is 2.14. The second-order valence-electron chi connectivity index (χ2n) is 5.04. The lowest BCUT2D eigenvalue weighted by Crippen LogP contribution is -2.33. The van der Waals surface area contributed by atoms with Gasteiger partial charge in [0.1, 0.15) is 0 Å². The number of para-hydroxylation sites is 1. The van der Waals surface area contributed by atoms with Gasteiger partial charge in [0.15, 0.2) is 0 Å². The topological polar surface area (TPSA) is 67.2 Å². The largest absolute Gasteiger partial charge is 0.350 e. The molecular formula is C14H23N3O. The number of nitrogens with one attached hydrogen (secondary N) is 2. The number of amides is 1. The molecule has 1 aromatic carbocycles. The minimum atomic E-state index is -0.0835. The Bertz CT molecular complexity index is 390. The van der Waals surface area contributed by atoms with E-state index >= 15 is 0 Å². The molecule has 0 radical (unpaired) electrons. The van der Waals surface area contributed by atoms with E-state index in [2.05, 4.69) is 24.6 Å². The highest BCUT2D eigenvalue weighted by molar-refractivity contribution is 5.99. The van der Waals surface area contributed by atoms with Gasteiger partial charge < -0.3 is 10.7 Å². The molecule has 100 valence electrons. The first-order valence-corrected chi connectivity index (χ1v) is 6.41. The second kappa shape index (κ2) is 7.01. The summed E-state index contributed by atoms with van der Waals surface area (Å²) in [6, 6.07) is 7.39. The summed E-state index contributed by atoms with van der Waals surface area (Å²) in [7, 11) is 0. The van der Waals surface area contributed by atoms with Gasteiger partial charge in [0.05, 0.1) is 11.3 Å². The number of hydrogen-bond acceptors (Lipinski definition) is 3. The van der Waals surface area contributed by atoms with E-state index in [0.29, 0.717) is 17.2 Å². The molecule has 1 unspecified atom stereocenters. The van der Waals surface area contributed by atoms with E-state index in [-0.39, 0.29) is 11.9 Å². The second-order valence-corrected chi connectivity index (χ2v) is 5.04. The maximum absolute atomic E-state index is 12.1. The van der Waals surface area contributed by atoms with Crippen LogP contribution in [0.3, 0.4) is 0 Å². The summed E-state index contributed by atoms with van der Waals surface area (Å²) in [6.45, 7) is 6.39. The normalized spacial score (nSPS) is 12.3. The molecule has 0 aliphatic rings. The van der Waals surface area contributed by atoms with Crippen molar-refractivity contribution in [3.63, 3.8) is 0 Å². The summed E-state index contributed by atoms with van der Waals surface area (Å²) in [5.41, 5.74) is 3.76. The quantitative estimate of drug-likeness (QED) is 0.536. The monoisotopic (exact) mass is 249 g/mol. The van der Waals surface area contributed by atoms with Crippen LogP contribution in [0.25, 0.3) is 0 Å². The molecule has 4 heteroatoms. The Morgan fingerprint density at radius 3 is 2.50 bits per heavy atom. The summed E-state index contributed by atoms with van der Waals surface area (Å²) in [6.07, 6.45) is 2.10. The van der Waals surface area contributed by atoms with Crippen LogP contribution in [0.1, 0.15) is 44.0 Å². The summed E-state index contributed by atoms with van der Waals surface area (Å²) in [4.78, 5) is 12.1. The van der Waals surface area contributed by atoms with Gasteiger partial charge in [-0.2, -0.15) is 0 Å². The molecule has 0 aromatic heterocycles. The van der Waals surface area contributed by atoms with Crippen LogP contribution >= 0.6 is 0 Å². The summed E-state index contributed by atoms with van der Waals surface area (Å²) >= 11 is 0. The van der Waals surface area contributed by atoms with Crippen LogP contribution in [0.2, 0.25) is 0 Å². The average Bonchev–Trinajstić information content (AvgIpc) is 2.36. The lowest BCUT2D eigenvalue weighted by atomic mass is 10.0. The van der Waals surface area contributed by atoms with E-state index in [1.165, 1.54) is 0 Å². The van der Waals surface area contributed by atoms with Crippen molar-refractivity contribution >= 4 is 11.6 Å². The van der Waals surface area contributed by atoms with Crippen LogP contribution in [-0.2, 0) is 0 Å². The molecule has 1 aromatic rings. The van der Waals surface area contributed by atoms with Gasteiger partial charge >= 0.3 is 0 Å². The maximum atomic E-state index is 12.1. The fourth-order valence-corrected chi connectivity index (χ4v) is 1.76. The van der Waals surface area contributed by atoms with Crippen molar-refractivity contribution in [2.75, 3.05) is 5.43 Å². The molecule has 4 N–H and O–H groups in total. The first-order valence-electron chi connectivity index (χ1n) is 6.41. The van der Waals surface area contributed by atoms with Crippen LogP contribution in [0.15, 0.2) is 24.3 Å². The summed E-state index contributed by atoms with van der Waals surface area (Å²) < 4.78 is 0. The molecule has 0 aliphatic carbocycles. The van der Waals surface area contributed by atoms with Crippen molar-refractivity contribution in [2.45, 2.75) is 39.7 Å². The Morgan fingerprint density at radius 1 is 1.22 bits per heavy atom. The van der Waals surface area contributed by atoms with Crippen LogP contribution in [0.5, 0.6) is 0 Å². The van der Waals surface area contributed by atoms with Crippen molar-refractivity contribution in [3.05, 3.63) is 29.8 Å². The number of benzene rings is 1. The number of anilines is 1. The molecule has 0 heterocycles. The zero-order valence-electron chi connectivity index (χ0n) is 11.4. The van der Waals surface area contributed by atoms with Crippen molar-refractivity contribution < 1.29 is 4.79 Å². The first kappa shape index (κ1) is 14.5. The molecule has 0 fully saturated rings. The third-order valence-corrected chi connectivity index (χ3v) is 2.88. The van der Waals surface area contributed by atoms with Crippen LogP contribution in [-0.4, -0.2) is 11.9 Å². The summed E-state index contributed by atoms with van der Waals surface area (Å²) in [5.74, 6) is 5.96. The fraction of sp³-hybridized carbons (Fsp3) is 0.500. The molecule has 0 spiro atoms. The van der Waals surface area contributed by atoms with Gasteiger partial charge in [-0.1, -0.05) is 26.0 Å². The molecule has 4 nitrogen and oxygen atoms in total. The lowest BCUT2D eigenvalue weighted by molar-refractivity contribution is 0.0938. The number of rotatable bonds is 6. The van der Waals surface area contributed by atoms with Crippen LogP contribution in [0, 0.1) is 5.92 Å². The van der Waals surface area contributed by atoms with Crippen molar-refractivity contribution in [2.24, 2.45) is 11.8 Å². The van der Waals surface area contributed by atoms with Gasteiger partial charge in [0.2, 0.25) is 0 Å². The molecule has 1 rings (SSSR count). The lowest BCUT2D eigenvalue weighted by Gasteiger charge is -2.16. The highest BCUT2D eigenvalue weighted by Gasteiger charge is 2.13. The van der Waals surface area contributed by atoms with E-state index in [1.54, 1.807) is 12.1 Å². The van der Waals surface area contributed by atoms with Crippen molar-refractivity contribution in [1.82, 2.24) is 5.32 Å². The predicted molar refractivity (Wildman–Crippen MR) is 75.3 cm³/mol. The number of carbonyl (C=O) groups excluding carboxylic acids is 1. The van der Waals surface area contributed by atoms with Crippen molar-refractivity contribution in [1.29, 1.82) is 0 Å². The number of hydrogen-bond donors (Lipinski definition) is 3. The maximum Gasteiger partial charge on any atom is 0.253 e. The highest BCUT2D eigenvalue weighted by atomic mass is 16.1. The number of carbonyl (C=O) groups is 1. The third-order valence-electron chi connectivity index (χ3n) is 2.88. The molecule has 0 aliphatic heterocycles. The van der Waals surface area contributed by atoms with Gasteiger partial charge in [-0.25, -0.2) is 0 Å². The van der Waals surface area contributed by atoms with Crippen molar-refractivity contribution in [3.8, 4) is 0 Å². The first-order chi connectivity index (χ1) is 8.54. The molecule has 0 bridgehead atoms. The van der Waals surface area contributed by atoms with Gasteiger partial charge in [-0.3, -0.25) is 10.6 Å². The van der Waals surface area contributed by atoms with E-state index in [4.69, 9.17) is 5.84 Å². The van der Waals surface area contributed by atoms with Gasteiger partial charge in [-0.05, 0) is 37.8 Å². The molecule has 0 saturated heterocycles. The number of nitrogen functional groups attached to an aromatic ring is 1. The molecule has 1 atom stereocenters. The minimum Gasteiger partial charge on any atom is -0.350 e. The standard InChI is InChI=1S/C14H23N3O/c1-10(2)8-9-11(3)16-14(18)12-6-4-5-7-13(12)17-15/h4-7,10-11,17H,8-9,15H2,1-3H3,(H,16,18). The smallest absolute Gasteiger partial charge is 0.253 e. The Kier molecular flexibility index (Phi) is 5.65. The Hall–Kier alpha value is -1.55. The SMILES string of the molecule is CC(C)CCC(C)NC(=O)c1ccccc1NN. The molecule has 1 amide bonds. The predicted octanol–water partition coefficient (Wildman–Crippen LogP) is 2.53. The zero-order chi connectivity index (χ0) is 13.5. The number of nitrogens with two attached hydrogens (primary N) is 1. The molecule has 18 heavy (non-hydrogen) atoms. The Balaban J connectivity index is 2.59. The van der Waals surface area contributed by atoms with Crippen LogP contribution < -0.4 is 16.6 Å². The van der Waals surface area contributed by atoms with Gasteiger partial charge in [0, 0.05) is 6.04 Å². The summed E-state index contributed by atoms with van der Waals surface area (Å²) in [5, 5.41) is 2.99. The minimum absolute atomic E-state index is 0.0835. The van der Waals surface area contributed by atoms with Gasteiger partial charge in [0.25, 0.3) is 5.91 Å². The zero-order valence-corrected chi connectivity index (χ0v) is 11.4. The third kappa shape index (κ3) is 4.37. The van der Waals surface area contributed by atoms with Gasteiger partial charge in [-0.15, -0.1) is 0 Å². The van der Waals surface area contributed by atoms with E-state index < -0.39 is 0 Å². The Labute approximate surface area is 109 Å². The van der Waals surface area contributed by atoms with E-state index in [0.717, 1.165) is 12.8 Å². The van der Waals surface area contributed by atoms with E-state index in [1.807, 2.05) is 19.1 Å². The average molecular weight is 249 g/mol.